The molecule has 4 heterocycles. The summed E-state index contributed by atoms with van der Waals surface area (Å²) in [6, 6.07) is 74.5. The Balaban J connectivity index is 1.01. The van der Waals surface area contributed by atoms with Crippen molar-refractivity contribution in [3.05, 3.63) is 212 Å². The van der Waals surface area contributed by atoms with Crippen LogP contribution in [0.5, 0.6) is 0 Å². The minimum Gasteiger partial charge on any atom is -0.455 e. The number of hydrogen-bond acceptors (Lipinski definition) is 4. The Hall–Kier alpha value is -8.61. The molecule has 0 saturated carbocycles. The van der Waals surface area contributed by atoms with Crippen molar-refractivity contribution in [2.45, 2.75) is 0 Å². The molecule has 0 atom stereocenters. The van der Waals surface area contributed by atoms with Gasteiger partial charge in [-0.25, -0.2) is 15.0 Å². The van der Waals surface area contributed by atoms with E-state index >= 15 is 0 Å². The van der Waals surface area contributed by atoms with E-state index in [0.29, 0.717) is 17.5 Å². The fourth-order valence-corrected chi connectivity index (χ4v) is 9.52. The van der Waals surface area contributed by atoms with E-state index in [4.69, 9.17) is 19.4 Å². The standard InChI is InChI=1S/C57H35N5O/c1-4-16-36(17-5-1)55-58-56(37-18-6-2-7-19-37)60-57(59-55)44-30-33-51(53-43-24-12-15-27-52(43)63-54(44)53)62-48-26-14-11-23-42(48)46-35-39(29-32-50(46)62)38-28-31-49-45(34-38)41-22-10-13-25-47(41)61(49)40-20-8-3-9-21-40/h1-35H. The molecular formula is C57H35N5O. The molecule has 63 heavy (non-hydrogen) atoms. The van der Waals surface area contributed by atoms with Crippen molar-refractivity contribution in [3.8, 4) is 56.7 Å². The van der Waals surface area contributed by atoms with E-state index in [0.717, 1.165) is 66.6 Å². The summed E-state index contributed by atoms with van der Waals surface area (Å²) in [4.78, 5) is 15.2. The van der Waals surface area contributed by atoms with Crippen LogP contribution in [0.3, 0.4) is 0 Å². The first-order chi connectivity index (χ1) is 31.2. The second-order valence-corrected chi connectivity index (χ2v) is 16.0. The third kappa shape index (κ3) is 5.55. The van der Waals surface area contributed by atoms with E-state index in [9.17, 15) is 0 Å². The largest absolute Gasteiger partial charge is 0.455 e. The van der Waals surface area contributed by atoms with Gasteiger partial charge in [0.2, 0.25) is 0 Å². The molecule has 294 valence electrons. The normalized spacial score (nSPS) is 11.8. The molecule has 13 aromatic rings. The Kier molecular flexibility index (Phi) is 7.80. The molecule has 0 aliphatic rings. The van der Waals surface area contributed by atoms with Crippen molar-refractivity contribution in [2.24, 2.45) is 0 Å². The van der Waals surface area contributed by atoms with Gasteiger partial charge in [-0.05, 0) is 77.9 Å². The Labute approximate surface area is 361 Å². The molecule has 0 unspecified atom stereocenters. The van der Waals surface area contributed by atoms with Gasteiger partial charge >= 0.3 is 0 Å². The van der Waals surface area contributed by atoms with E-state index in [1.807, 2.05) is 72.8 Å². The average Bonchev–Trinajstić information content (AvgIpc) is 4.02. The van der Waals surface area contributed by atoms with Gasteiger partial charge in [0.25, 0.3) is 0 Å². The van der Waals surface area contributed by atoms with Crippen LogP contribution in [0.2, 0.25) is 0 Å². The lowest BCUT2D eigenvalue weighted by Crippen LogP contribution is -2.01. The zero-order valence-corrected chi connectivity index (χ0v) is 33.9. The van der Waals surface area contributed by atoms with Crippen molar-refractivity contribution in [3.63, 3.8) is 0 Å². The fourth-order valence-electron chi connectivity index (χ4n) is 9.52. The van der Waals surface area contributed by atoms with Crippen molar-refractivity contribution in [1.82, 2.24) is 24.1 Å². The second kappa shape index (κ2) is 14.0. The number of nitrogens with zero attached hydrogens (tertiary/aromatic N) is 5. The van der Waals surface area contributed by atoms with Gasteiger partial charge < -0.3 is 13.6 Å². The first-order valence-corrected chi connectivity index (χ1v) is 21.2. The summed E-state index contributed by atoms with van der Waals surface area (Å²) in [6.45, 7) is 0. The highest BCUT2D eigenvalue weighted by Gasteiger charge is 2.23. The summed E-state index contributed by atoms with van der Waals surface area (Å²) in [6.07, 6.45) is 0. The lowest BCUT2D eigenvalue weighted by Gasteiger charge is -2.13. The molecule has 0 bridgehead atoms. The van der Waals surface area contributed by atoms with Crippen LogP contribution in [-0.2, 0) is 0 Å². The number of para-hydroxylation sites is 4. The van der Waals surface area contributed by atoms with Crippen LogP contribution in [0.1, 0.15) is 0 Å². The van der Waals surface area contributed by atoms with Crippen LogP contribution in [0.15, 0.2) is 217 Å². The molecule has 6 heteroatoms. The van der Waals surface area contributed by atoms with Gasteiger partial charge in [-0.15, -0.1) is 0 Å². The predicted octanol–water partition coefficient (Wildman–Crippen LogP) is 14.6. The van der Waals surface area contributed by atoms with Gasteiger partial charge in [0.1, 0.15) is 11.2 Å². The highest BCUT2D eigenvalue weighted by molar-refractivity contribution is 6.17. The number of hydrogen-bond donors (Lipinski definition) is 0. The molecule has 0 aliphatic heterocycles. The lowest BCUT2D eigenvalue weighted by atomic mass is 10.0. The molecule has 0 aliphatic carbocycles. The van der Waals surface area contributed by atoms with E-state index in [2.05, 4.69) is 149 Å². The maximum atomic E-state index is 6.85. The maximum absolute atomic E-state index is 6.85. The van der Waals surface area contributed by atoms with Crippen molar-refractivity contribution in [2.75, 3.05) is 0 Å². The molecule has 0 spiro atoms. The van der Waals surface area contributed by atoms with Gasteiger partial charge in [-0.1, -0.05) is 146 Å². The van der Waals surface area contributed by atoms with Crippen molar-refractivity contribution < 1.29 is 4.42 Å². The van der Waals surface area contributed by atoms with E-state index < -0.39 is 0 Å². The summed E-state index contributed by atoms with van der Waals surface area (Å²) in [7, 11) is 0. The number of rotatable bonds is 6. The molecule has 0 saturated heterocycles. The van der Waals surface area contributed by atoms with Gasteiger partial charge in [0.15, 0.2) is 17.5 Å². The van der Waals surface area contributed by atoms with Crippen LogP contribution in [0, 0.1) is 0 Å². The fraction of sp³-hybridized carbons (Fsp3) is 0. The number of benzene rings is 9. The predicted molar refractivity (Wildman–Crippen MR) is 258 cm³/mol. The van der Waals surface area contributed by atoms with Crippen LogP contribution in [0.25, 0.3) is 122 Å². The highest BCUT2D eigenvalue weighted by atomic mass is 16.3. The quantitative estimate of drug-likeness (QED) is 0.168. The molecule has 6 nitrogen and oxygen atoms in total. The SMILES string of the molecule is c1ccc(-c2nc(-c3ccccc3)nc(-c3ccc(-n4c5ccccc5c5cc(-c6ccc7c(c6)c6ccccc6n7-c6ccccc6)ccc54)c4c3oc3ccccc34)n2)cc1. The Morgan fingerprint density at radius 2 is 0.810 bits per heavy atom. The number of aromatic nitrogens is 5. The molecule has 4 aromatic heterocycles. The molecule has 9 aromatic carbocycles. The summed E-state index contributed by atoms with van der Waals surface area (Å²) in [5.41, 5.74) is 13.3. The Morgan fingerprint density at radius 3 is 1.43 bits per heavy atom. The van der Waals surface area contributed by atoms with Crippen LogP contribution >= 0.6 is 0 Å². The lowest BCUT2D eigenvalue weighted by molar-refractivity contribution is 0.669. The Bertz CT molecular complexity index is 3850. The topological polar surface area (TPSA) is 61.7 Å². The smallest absolute Gasteiger partial charge is 0.167 e. The third-order valence-electron chi connectivity index (χ3n) is 12.4. The highest BCUT2D eigenvalue weighted by Crippen LogP contribution is 2.43. The molecule has 0 amide bonds. The monoisotopic (exact) mass is 805 g/mol. The maximum Gasteiger partial charge on any atom is 0.167 e. The van der Waals surface area contributed by atoms with Crippen LogP contribution < -0.4 is 0 Å². The molecular weight excluding hydrogens is 771 g/mol. The van der Waals surface area contributed by atoms with Crippen LogP contribution in [0.4, 0.5) is 0 Å². The van der Waals surface area contributed by atoms with Gasteiger partial charge in [0, 0.05) is 43.7 Å². The van der Waals surface area contributed by atoms with E-state index in [1.54, 1.807) is 0 Å². The van der Waals surface area contributed by atoms with E-state index in [1.165, 1.54) is 38.1 Å². The van der Waals surface area contributed by atoms with Crippen LogP contribution in [-0.4, -0.2) is 24.1 Å². The first kappa shape index (κ1) is 35.2. The minimum absolute atomic E-state index is 0.550. The third-order valence-corrected chi connectivity index (χ3v) is 12.4. The van der Waals surface area contributed by atoms with Crippen molar-refractivity contribution >= 4 is 65.6 Å². The van der Waals surface area contributed by atoms with Gasteiger partial charge in [-0.2, -0.15) is 0 Å². The summed E-state index contributed by atoms with van der Waals surface area (Å²) < 4.78 is 11.6. The molecule has 13 rings (SSSR count). The number of furan rings is 1. The zero-order valence-electron chi connectivity index (χ0n) is 33.9. The minimum atomic E-state index is 0.550. The summed E-state index contributed by atoms with van der Waals surface area (Å²) in [5, 5.41) is 6.85. The van der Waals surface area contributed by atoms with E-state index in [-0.39, 0.29) is 0 Å². The van der Waals surface area contributed by atoms with Gasteiger partial charge in [0.05, 0.1) is 38.7 Å². The number of fused-ring (bicyclic) bond motifs is 9. The summed E-state index contributed by atoms with van der Waals surface area (Å²) in [5.74, 6) is 1.76. The van der Waals surface area contributed by atoms with Gasteiger partial charge in [-0.3, -0.25) is 0 Å². The second-order valence-electron chi connectivity index (χ2n) is 16.0. The Morgan fingerprint density at radius 1 is 0.333 bits per heavy atom. The molecule has 0 radical (unpaired) electrons. The van der Waals surface area contributed by atoms with Crippen molar-refractivity contribution in [1.29, 1.82) is 0 Å². The summed E-state index contributed by atoms with van der Waals surface area (Å²) >= 11 is 0. The first-order valence-electron chi connectivity index (χ1n) is 21.2. The molecule has 0 N–H and O–H groups in total. The zero-order chi connectivity index (χ0) is 41.4. The molecule has 0 fully saturated rings. The average molecular weight is 806 g/mol.